The van der Waals surface area contributed by atoms with Crippen LogP contribution in [0.1, 0.15) is 19.4 Å². The molecule has 0 aromatic heterocycles. The lowest BCUT2D eigenvalue weighted by molar-refractivity contribution is 0.116. The van der Waals surface area contributed by atoms with E-state index in [2.05, 4.69) is 24.1 Å². The molecule has 2 rings (SSSR count). The van der Waals surface area contributed by atoms with Gasteiger partial charge in [-0.15, -0.1) is 0 Å². The molecule has 0 aliphatic carbocycles. The van der Waals surface area contributed by atoms with Crippen LogP contribution >= 0.6 is 0 Å². The molecule has 1 unspecified atom stereocenters. The Morgan fingerprint density at radius 3 is 2.75 bits per heavy atom. The third kappa shape index (κ3) is 4.10. The fourth-order valence-corrected chi connectivity index (χ4v) is 2.28. The van der Waals surface area contributed by atoms with E-state index >= 15 is 0 Å². The van der Waals surface area contributed by atoms with Gasteiger partial charge in [-0.05, 0) is 30.8 Å². The lowest BCUT2D eigenvalue weighted by atomic mass is 10.2. The number of ether oxygens (including phenoxy) is 2. The monoisotopic (exact) mass is 280 g/mol. The summed E-state index contributed by atoms with van der Waals surface area (Å²) in [5.41, 5.74) is 1.13. The van der Waals surface area contributed by atoms with Crippen molar-refractivity contribution in [1.29, 1.82) is 0 Å². The molecule has 0 bridgehead atoms. The zero-order valence-electron chi connectivity index (χ0n) is 12.3. The van der Waals surface area contributed by atoms with E-state index in [1.165, 1.54) is 0 Å². The zero-order valence-corrected chi connectivity index (χ0v) is 12.3. The largest absolute Gasteiger partial charge is 0.454 e. The van der Waals surface area contributed by atoms with Crippen molar-refractivity contribution in [3.8, 4) is 11.5 Å². The lowest BCUT2D eigenvalue weighted by Gasteiger charge is -2.22. The van der Waals surface area contributed by atoms with Gasteiger partial charge in [0.1, 0.15) is 0 Å². The van der Waals surface area contributed by atoms with E-state index in [0.29, 0.717) is 26.4 Å². The minimum absolute atomic E-state index is 0.300. The molecule has 0 spiro atoms. The molecule has 0 amide bonds. The molecular weight excluding hydrogens is 256 g/mol. The Kier molecular flexibility index (Phi) is 5.64. The average Bonchev–Trinajstić information content (AvgIpc) is 2.92. The van der Waals surface area contributed by atoms with Gasteiger partial charge >= 0.3 is 0 Å². The Balaban J connectivity index is 1.73. The van der Waals surface area contributed by atoms with Gasteiger partial charge in [-0.3, -0.25) is 0 Å². The molecule has 1 aliphatic heterocycles. The highest BCUT2D eigenvalue weighted by Gasteiger charge is 2.13. The Bertz CT molecular complexity index is 422. The van der Waals surface area contributed by atoms with Crippen molar-refractivity contribution in [3.05, 3.63) is 23.8 Å². The van der Waals surface area contributed by atoms with Crippen molar-refractivity contribution < 1.29 is 14.6 Å². The molecule has 5 heteroatoms. The van der Waals surface area contributed by atoms with Crippen molar-refractivity contribution >= 4 is 0 Å². The fourth-order valence-electron chi connectivity index (χ4n) is 2.28. The summed E-state index contributed by atoms with van der Waals surface area (Å²) < 4.78 is 10.6. The van der Waals surface area contributed by atoms with Crippen LogP contribution in [-0.2, 0) is 6.54 Å². The summed E-state index contributed by atoms with van der Waals surface area (Å²) in [5.74, 6) is 1.60. The van der Waals surface area contributed by atoms with Crippen LogP contribution in [0, 0.1) is 0 Å². The standard InChI is InChI=1S/C15H24N2O3/c1-3-17(4-2)10-13(18)9-16-8-12-5-6-14-15(7-12)20-11-19-14/h5-7,13,16,18H,3-4,8-11H2,1-2H3. The van der Waals surface area contributed by atoms with E-state index in [4.69, 9.17) is 9.47 Å². The third-order valence-corrected chi connectivity index (χ3v) is 3.51. The zero-order chi connectivity index (χ0) is 14.4. The van der Waals surface area contributed by atoms with Crippen LogP contribution in [0.15, 0.2) is 18.2 Å². The highest BCUT2D eigenvalue weighted by molar-refractivity contribution is 5.44. The van der Waals surface area contributed by atoms with Gasteiger partial charge in [-0.2, -0.15) is 0 Å². The van der Waals surface area contributed by atoms with Crippen LogP contribution in [0.5, 0.6) is 11.5 Å². The molecule has 2 N–H and O–H groups in total. The molecule has 5 nitrogen and oxygen atoms in total. The van der Waals surface area contributed by atoms with Gasteiger partial charge in [0.15, 0.2) is 11.5 Å². The van der Waals surface area contributed by atoms with Crippen LogP contribution in [0.25, 0.3) is 0 Å². The summed E-state index contributed by atoms with van der Waals surface area (Å²) in [5, 5.41) is 13.2. The van der Waals surface area contributed by atoms with E-state index in [-0.39, 0.29) is 6.10 Å². The molecule has 1 atom stereocenters. The Morgan fingerprint density at radius 1 is 1.25 bits per heavy atom. The predicted molar refractivity (Wildman–Crippen MR) is 78.1 cm³/mol. The Morgan fingerprint density at radius 2 is 2.00 bits per heavy atom. The molecule has 0 saturated heterocycles. The first-order valence-electron chi connectivity index (χ1n) is 7.22. The van der Waals surface area contributed by atoms with Crippen molar-refractivity contribution in [2.24, 2.45) is 0 Å². The summed E-state index contributed by atoms with van der Waals surface area (Å²) in [4.78, 5) is 2.22. The van der Waals surface area contributed by atoms with Gasteiger partial charge in [0.2, 0.25) is 6.79 Å². The van der Waals surface area contributed by atoms with E-state index in [1.54, 1.807) is 0 Å². The number of benzene rings is 1. The van der Waals surface area contributed by atoms with Crippen LogP contribution in [0.3, 0.4) is 0 Å². The molecule has 1 aliphatic rings. The molecule has 1 heterocycles. The quantitative estimate of drug-likeness (QED) is 0.749. The Labute approximate surface area is 120 Å². The van der Waals surface area contributed by atoms with Crippen molar-refractivity contribution in [1.82, 2.24) is 10.2 Å². The van der Waals surface area contributed by atoms with Gasteiger partial charge in [-0.25, -0.2) is 0 Å². The van der Waals surface area contributed by atoms with E-state index < -0.39 is 0 Å². The van der Waals surface area contributed by atoms with E-state index in [0.717, 1.165) is 30.2 Å². The number of fused-ring (bicyclic) bond motifs is 1. The summed E-state index contributed by atoms with van der Waals surface area (Å²) in [6, 6.07) is 5.91. The maximum absolute atomic E-state index is 9.97. The molecule has 1 aromatic carbocycles. The first-order valence-corrected chi connectivity index (χ1v) is 7.22. The molecule has 20 heavy (non-hydrogen) atoms. The second-order valence-corrected chi connectivity index (χ2v) is 4.96. The number of hydrogen-bond donors (Lipinski definition) is 2. The second kappa shape index (κ2) is 7.47. The van der Waals surface area contributed by atoms with Crippen molar-refractivity contribution in [2.75, 3.05) is 33.0 Å². The molecule has 0 radical (unpaired) electrons. The minimum atomic E-state index is -0.344. The van der Waals surface area contributed by atoms with E-state index in [1.807, 2.05) is 18.2 Å². The molecular formula is C15H24N2O3. The van der Waals surface area contributed by atoms with Crippen LogP contribution < -0.4 is 14.8 Å². The molecule has 1 aromatic rings. The normalized spacial score (nSPS) is 14.8. The topological polar surface area (TPSA) is 54.0 Å². The van der Waals surface area contributed by atoms with Crippen LogP contribution in [-0.4, -0.2) is 49.1 Å². The maximum atomic E-state index is 9.97. The third-order valence-electron chi connectivity index (χ3n) is 3.51. The smallest absolute Gasteiger partial charge is 0.231 e. The Hall–Kier alpha value is -1.30. The summed E-state index contributed by atoms with van der Waals surface area (Å²) >= 11 is 0. The van der Waals surface area contributed by atoms with Gasteiger partial charge in [0, 0.05) is 19.6 Å². The van der Waals surface area contributed by atoms with Crippen LogP contribution in [0.4, 0.5) is 0 Å². The number of likely N-dealkylation sites (N-methyl/N-ethyl adjacent to an activating group) is 1. The highest BCUT2D eigenvalue weighted by Crippen LogP contribution is 2.32. The number of rotatable bonds is 8. The fraction of sp³-hybridized carbons (Fsp3) is 0.600. The average molecular weight is 280 g/mol. The highest BCUT2D eigenvalue weighted by atomic mass is 16.7. The molecule has 0 saturated carbocycles. The number of nitrogens with one attached hydrogen (secondary N) is 1. The SMILES string of the molecule is CCN(CC)CC(O)CNCc1ccc2c(c1)OCO2. The van der Waals surface area contributed by atoms with Gasteiger partial charge < -0.3 is 24.8 Å². The number of aliphatic hydroxyl groups excluding tert-OH is 1. The first kappa shape index (κ1) is 15.1. The van der Waals surface area contributed by atoms with Gasteiger partial charge in [0.05, 0.1) is 6.10 Å². The number of nitrogens with zero attached hydrogens (tertiary/aromatic N) is 1. The summed E-state index contributed by atoms with van der Waals surface area (Å²) in [6.45, 7) is 8.46. The predicted octanol–water partition coefficient (Wildman–Crippen LogP) is 1.21. The summed E-state index contributed by atoms with van der Waals surface area (Å²) in [6.07, 6.45) is -0.344. The number of aliphatic hydroxyl groups is 1. The molecule has 112 valence electrons. The lowest BCUT2D eigenvalue weighted by Crippen LogP contribution is -2.38. The number of hydrogen-bond acceptors (Lipinski definition) is 5. The first-order chi connectivity index (χ1) is 9.72. The van der Waals surface area contributed by atoms with E-state index in [9.17, 15) is 5.11 Å². The second-order valence-electron chi connectivity index (χ2n) is 4.96. The maximum Gasteiger partial charge on any atom is 0.231 e. The van der Waals surface area contributed by atoms with Crippen molar-refractivity contribution in [2.45, 2.75) is 26.5 Å². The van der Waals surface area contributed by atoms with Crippen LogP contribution in [0.2, 0.25) is 0 Å². The summed E-state index contributed by atoms with van der Waals surface area (Å²) in [7, 11) is 0. The van der Waals surface area contributed by atoms with Gasteiger partial charge in [0.25, 0.3) is 0 Å². The van der Waals surface area contributed by atoms with Crippen molar-refractivity contribution in [3.63, 3.8) is 0 Å². The van der Waals surface area contributed by atoms with Gasteiger partial charge in [-0.1, -0.05) is 19.9 Å². The minimum Gasteiger partial charge on any atom is -0.454 e. The molecule has 0 fully saturated rings.